The lowest BCUT2D eigenvalue weighted by Crippen LogP contribution is -2.69. The second-order valence-electron chi connectivity index (χ2n) is 10.6. The molecule has 0 aliphatic carbocycles. The van der Waals surface area contributed by atoms with Crippen molar-refractivity contribution in [2.45, 2.75) is 76.4 Å². The fourth-order valence-electron chi connectivity index (χ4n) is 4.92. The zero-order valence-electron chi connectivity index (χ0n) is 19.2. The fourth-order valence-corrected chi connectivity index (χ4v) is 6.48. The van der Waals surface area contributed by atoms with Gasteiger partial charge in [-0.3, -0.25) is 4.90 Å². The van der Waals surface area contributed by atoms with Gasteiger partial charge in [0.2, 0.25) is 0 Å². The Morgan fingerprint density at radius 3 is 2.52 bits per heavy atom. The van der Waals surface area contributed by atoms with E-state index in [0.717, 1.165) is 44.8 Å². The van der Waals surface area contributed by atoms with Gasteiger partial charge in [0.1, 0.15) is 10.8 Å². The van der Waals surface area contributed by atoms with Gasteiger partial charge in [0, 0.05) is 62.2 Å². The van der Waals surface area contributed by atoms with Crippen LogP contribution in [0.4, 0.5) is 14.5 Å². The molecule has 3 aliphatic rings. The minimum absolute atomic E-state index is 0.0587. The fraction of sp³-hybridized carbons (Fsp3) is 0.773. The van der Waals surface area contributed by atoms with Gasteiger partial charge in [-0.25, -0.2) is 13.8 Å². The van der Waals surface area contributed by atoms with Crippen LogP contribution in [0.3, 0.4) is 0 Å². The first kappa shape index (κ1) is 23.4. The molecule has 1 unspecified atom stereocenters. The van der Waals surface area contributed by atoms with Gasteiger partial charge in [0.25, 0.3) is 6.43 Å². The highest BCUT2D eigenvalue weighted by molar-refractivity contribution is 6.74. The van der Waals surface area contributed by atoms with Crippen LogP contribution in [-0.4, -0.2) is 69.1 Å². The molecular weight excluding hydrogens is 438 g/mol. The van der Waals surface area contributed by atoms with Gasteiger partial charge in [-0.1, -0.05) is 32.4 Å². The lowest BCUT2D eigenvalue weighted by Gasteiger charge is -2.56. The molecular formula is C22H35ClF2N4OSi-. The summed E-state index contributed by atoms with van der Waals surface area (Å²) in [4.78, 5) is 8.84. The average molecular weight is 473 g/mol. The number of nitrogens with zero attached hydrogens (tertiary/aromatic N) is 3. The minimum Gasteiger partial charge on any atom is -0.562 e. The zero-order chi connectivity index (χ0) is 22.6. The molecule has 0 saturated carbocycles. The number of halogens is 3. The Morgan fingerprint density at radius 2 is 1.90 bits per heavy atom. The van der Waals surface area contributed by atoms with Crippen LogP contribution in [-0.2, 0) is 10.8 Å². The average Bonchev–Trinajstić information content (AvgIpc) is 2.76. The summed E-state index contributed by atoms with van der Waals surface area (Å²) in [6.45, 7) is 16.0. The number of hydrogen-bond acceptors (Lipinski definition) is 5. The number of nitrogens with one attached hydrogen (secondary N) is 1. The molecule has 0 amide bonds. The summed E-state index contributed by atoms with van der Waals surface area (Å²) in [5, 5.41) is 3.62. The Balaban J connectivity index is 1.69. The molecule has 1 aromatic heterocycles. The lowest BCUT2D eigenvalue weighted by atomic mass is 9.89. The highest BCUT2D eigenvalue weighted by Gasteiger charge is 2.47. The van der Waals surface area contributed by atoms with E-state index in [1.165, 1.54) is 0 Å². The summed E-state index contributed by atoms with van der Waals surface area (Å²) in [7, 11) is -2.06. The Hall–Kier alpha value is -0.803. The van der Waals surface area contributed by atoms with Crippen LogP contribution in [0.25, 0.3) is 0 Å². The zero-order valence-corrected chi connectivity index (χ0v) is 21.0. The molecule has 0 aromatic carbocycles. The first-order valence-electron chi connectivity index (χ1n) is 11.3. The monoisotopic (exact) mass is 472 g/mol. The number of piperazine rings is 1. The molecule has 4 rings (SSSR count). The lowest BCUT2D eigenvalue weighted by molar-refractivity contribution is 0.0790. The van der Waals surface area contributed by atoms with Gasteiger partial charge >= 0.3 is 0 Å². The second kappa shape index (κ2) is 8.52. The van der Waals surface area contributed by atoms with Crippen molar-refractivity contribution in [1.82, 2.24) is 15.2 Å². The van der Waals surface area contributed by atoms with Gasteiger partial charge in [-0.05, 0) is 27.2 Å². The van der Waals surface area contributed by atoms with Crippen molar-refractivity contribution in [3.05, 3.63) is 22.5 Å². The van der Waals surface area contributed by atoms with Crippen LogP contribution in [0, 0.1) is 0 Å². The normalized spacial score (nSPS) is 27.5. The van der Waals surface area contributed by atoms with Gasteiger partial charge in [-0.2, -0.15) is 0 Å². The number of aromatic nitrogens is 1. The van der Waals surface area contributed by atoms with Crippen molar-refractivity contribution in [3.8, 4) is 0 Å². The molecule has 0 radical (unpaired) electrons. The number of fused-ring (bicyclic) bond motifs is 3. The molecule has 2 fully saturated rings. The van der Waals surface area contributed by atoms with Gasteiger partial charge < -0.3 is 14.6 Å². The van der Waals surface area contributed by atoms with Crippen LogP contribution in [0.5, 0.6) is 0 Å². The Morgan fingerprint density at radius 1 is 1.23 bits per heavy atom. The maximum absolute atomic E-state index is 13.9. The van der Waals surface area contributed by atoms with E-state index >= 15 is 0 Å². The maximum Gasteiger partial charge on any atom is 0.280 e. The number of rotatable bonds is 4. The van der Waals surface area contributed by atoms with E-state index in [1.807, 2.05) is 0 Å². The molecule has 0 bridgehead atoms. The summed E-state index contributed by atoms with van der Waals surface area (Å²) >= 11 is 6.19. The van der Waals surface area contributed by atoms with Crippen LogP contribution < -0.4 is 10.2 Å². The summed E-state index contributed by atoms with van der Waals surface area (Å²) in [5.74, 6) is 0. The van der Waals surface area contributed by atoms with E-state index in [4.69, 9.17) is 16.0 Å². The highest BCUT2D eigenvalue weighted by Crippen LogP contribution is 2.45. The van der Waals surface area contributed by atoms with E-state index in [1.54, 1.807) is 6.07 Å². The predicted octanol–water partition coefficient (Wildman–Crippen LogP) is 4.47. The molecule has 1 aromatic rings. The van der Waals surface area contributed by atoms with E-state index in [-0.39, 0.29) is 28.0 Å². The third-order valence-corrected chi connectivity index (χ3v) is 12.4. The Bertz CT molecular complexity index is 813. The van der Waals surface area contributed by atoms with Gasteiger partial charge in [0.05, 0.1) is 0 Å². The largest absolute Gasteiger partial charge is 0.562 e. The third kappa shape index (κ3) is 4.51. The summed E-state index contributed by atoms with van der Waals surface area (Å²) < 4.78 is 34.7. The van der Waals surface area contributed by atoms with E-state index in [2.05, 4.69) is 54.0 Å². The number of alkyl halides is 2. The minimum atomic E-state index is -2.65. The number of hydrogen-bond donors (Lipinski definition) is 1. The Kier molecular flexibility index (Phi) is 6.42. The maximum atomic E-state index is 13.9. The molecule has 4 heterocycles. The first-order chi connectivity index (χ1) is 14.5. The number of pyridine rings is 1. The molecule has 2 saturated heterocycles. The molecule has 3 atom stereocenters. The summed E-state index contributed by atoms with van der Waals surface area (Å²) in [5.41, 5.74) is 1.26. The third-order valence-electron chi connectivity index (χ3n) is 7.67. The van der Waals surface area contributed by atoms with E-state index in [0.29, 0.717) is 18.0 Å². The second-order valence-corrected chi connectivity index (χ2v) is 15.8. The van der Waals surface area contributed by atoms with E-state index in [9.17, 15) is 8.78 Å². The predicted molar refractivity (Wildman–Crippen MR) is 124 cm³/mol. The molecule has 175 valence electrons. The van der Waals surface area contributed by atoms with Crippen molar-refractivity contribution in [3.63, 3.8) is 0 Å². The standard InChI is InChI=1S/C22H35ClF2N4OSi/c1-22(2,3)31(4,5)30-14-10-15-16(12-19(23)27-20(15)21(24)25)29-13-18(17(29)11-14)28-8-6-26-7-9-28/h12,14,17-18,21,26H,6-11,13H2,1-5H3/q-1/t14?,17-,18+/m0/s1. The van der Waals surface area contributed by atoms with Crippen molar-refractivity contribution >= 4 is 25.6 Å². The van der Waals surface area contributed by atoms with Crippen molar-refractivity contribution in [2.75, 3.05) is 37.6 Å². The van der Waals surface area contributed by atoms with E-state index < -0.39 is 14.7 Å². The van der Waals surface area contributed by atoms with Crippen molar-refractivity contribution < 1.29 is 13.2 Å². The first-order valence-corrected chi connectivity index (χ1v) is 14.6. The topological polar surface area (TPSA) is 40.6 Å². The summed E-state index contributed by atoms with van der Waals surface area (Å²) in [6.07, 6.45) is -1.44. The Labute approximate surface area is 190 Å². The van der Waals surface area contributed by atoms with Crippen molar-refractivity contribution in [1.29, 1.82) is 0 Å². The van der Waals surface area contributed by atoms with Gasteiger partial charge in [-0.15, -0.1) is 18.1 Å². The van der Waals surface area contributed by atoms with Gasteiger partial charge in [0.15, 0.2) is 0 Å². The smallest absolute Gasteiger partial charge is 0.280 e. The van der Waals surface area contributed by atoms with Crippen LogP contribution in [0.2, 0.25) is 23.3 Å². The number of anilines is 1. The molecule has 5 nitrogen and oxygen atoms in total. The molecule has 3 aliphatic heterocycles. The summed E-state index contributed by atoms with van der Waals surface area (Å²) in [6, 6.07) is 2.44. The molecule has 0 spiro atoms. The van der Waals surface area contributed by atoms with Crippen molar-refractivity contribution in [2.24, 2.45) is 0 Å². The molecule has 31 heavy (non-hydrogen) atoms. The quantitative estimate of drug-likeness (QED) is 0.517. The van der Waals surface area contributed by atoms with Crippen LogP contribution in [0.1, 0.15) is 44.9 Å². The van der Waals surface area contributed by atoms with Crippen LogP contribution >= 0.6 is 11.6 Å². The SMILES string of the molecule is CC(C)(C)[Si-](C)(C)OC1Cc2c(cc(Cl)nc2C(F)F)N2C[C@@H](N3CCNCC3)[C@@H]2C1. The molecule has 9 heteroatoms. The highest BCUT2D eigenvalue weighted by atomic mass is 35.5. The molecule has 1 N–H and O–H groups in total. The van der Waals surface area contributed by atoms with Crippen LogP contribution in [0.15, 0.2) is 6.07 Å².